The molecule has 27 heavy (non-hydrogen) atoms. The lowest BCUT2D eigenvalue weighted by molar-refractivity contribution is -0.140. The molecule has 0 fully saturated rings. The number of anilines is 2. The molecule has 0 aliphatic rings. The molecular weight excluding hydrogens is 376 g/mol. The topological polar surface area (TPSA) is 127 Å². The van der Waals surface area contributed by atoms with Gasteiger partial charge in [0.25, 0.3) is 5.56 Å². The number of ether oxygens (including phenoxy) is 1. The predicted octanol–water partition coefficient (Wildman–Crippen LogP) is 0.445. The second kappa shape index (κ2) is 9.58. The van der Waals surface area contributed by atoms with Gasteiger partial charge in [-0.15, -0.1) is 12.4 Å². The Bertz CT molecular complexity index is 937. The van der Waals surface area contributed by atoms with E-state index in [0.29, 0.717) is 16.9 Å². The van der Waals surface area contributed by atoms with Crippen LogP contribution in [-0.4, -0.2) is 35.1 Å². The molecule has 9 nitrogen and oxygen atoms in total. The van der Waals surface area contributed by atoms with Crippen LogP contribution in [0.4, 0.5) is 11.4 Å². The predicted molar refractivity (Wildman–Crippen MR) is 103 cm³/mol. The number of H-pyrrole nitrogens is 1. The first kappa shape index (κ1) is 22.0. The average Bonchev–Trinajstić information content (AvgIpc) is 2.61. The van der Waals surface area contributed by atoms with Gasteiger partial charge in [0, 0.05) is 18.3 Å². The smallest absolute Gasteiger partial charge is 0.328 e. The van der Waals surface area contributed by atoms with Crippen LogP contribution in [0.15, 0.2) is 40.1 Å². The molecule has 2 rings (SSSR count). The molecule has 1 amide bonds. The van der Waals surface area contributed by atoms with Gasteiger partial charge in [-0.1, -0.05) is 12.1 Å². The van der Waals surface area contributed by atoms with Gasteiger partial charge in [-0.2, -0.15) is 0 Å². The maximum absolute atomic E-state index is 12.8. The lowest BCUT2D eigenvalue weighted by atomic mass is 10.2. The fraction of sp³-hybridized carbons (Fsp3) is 0.294. The van der Waals surface area contributed by atoms with Gasteiger partial charge in [-0.3, -0.25) is 23.9 Å². The van der Waals surface area contributed by atoms with Crippen molar-refractivity contribution in [2.24, 2.45) is 0 Å². The molecular formula is C17H21ClN4O5. The maximum atomic E-state index is 12.8. The van der Waals surface area contributed by atoms with Gasteiger partial charge in [0.05, 0.1) is 24.9 Å². The Morgan fingerprint density at radius 1 is 1.26 bits per heavy atom. The Hall–Kier alpha value is -3.07. The number of carbonyl (C=O) groups is 2. The number of halogens is 1. The molecule has 1 aromatic carbocycles. The number of esters is 1. The molecule has 3 N–H and O–H groups in total. The highest BCUT2D eigenvalue weighted by Crippen LogP contribution is 2.23. The van der Waals surface area contributed by atoms with Crippen LogP contribution in [0.5, 0.6) is 0 Å². The van der Waals surface area contributed by atoms with Crippen LogP contribution < -0.4 is 21.9 Å². The zero-order valence-electron chi connectivity index (χ0n) is 14.9. The highest BCUT2D eigenvalue weighted by molar-refractivity contribution is 5.96. The van der Waals surface area contributed by atoms with E-state index >= 15 is 0 Å². The summed E-state index contributed by atoms with van der Waals surface area (Å²) in [6.07, 6.45) is 1.28. The average molecular weight is 397 g/mol. The van der Waals surface area contributed by atoms with Crippen molar-refractivity contribution in [2.45, 2.75) is 19.9 Å². The van der Waals surface area contributed by atoms with Gasteiger partial charge in [-0.05, 0) is 19.1 Å². The molecule has 1 aromatic heterocycles. The van der Waals surface area contributed by atoms with Crippen molar-refractivity contribution >= 4 is 35.7 Å². The van der Waals surface area contributed by atoms with Crippen molar-refractivity contribution in [3.63, 3.8) is 0 Å². The number of carbonyl (C=O) groups excluding carboxylic acids is 2. The molecule has 0 saturated heterocycles. The second-order valence-corrected chi connectivity index (χ2v) is 5.63. The van der Waals surface area contributed by atoms with Gasteiger partial charge >= 0.3 is 11.7 Å². The Morgan fingerprint density at radius 3 is 2.56 bits per heavy atom. The van der Waals surface area contributed by atoms with Crippen molar-refractivity contribution < 1.29 is 14.3 Å². The summed E-state index contributed by atoms with van der Waals surface area (Å²) in [7, 11) is 1.26. The van der Waals surface area contributed by atoms with Gasteiger partial charge in [0.15, 0.2) is 0 Å². The summed E-state index contributed by atoms with van der Waals surface area (Å²) in [5.41, 5.74) is 5.83. The summed E-state index contributed by atoms with van der Waals surface area (Å²) in [4.78, 5) is 51.1. The summed E-state index contributed by atoms with van der Waals surface area (Å²) in [5, 5.41) is 0. The van der Waals surface area contributed by atoms with E-state index < -0.39 is 23.1 Å². The van der Waals surface area contributed by atoms with E-state index in [2.05, 4.69) is 9.72 Å². The van der Waals surface area contributed by atoms with E-state index in [-0.39, 0.29) is 31.9 Å². The van der Waals surface area contributed by atoms with Crippen LogP contribution in [0, 0.1) is 6.92 Å². The SMILES string of the molecule is COC(=O)CCN(C(=O)Cn1cc(C)c(=O)[nH]c1=O)c1ccccc1N.Cl. The van der Waals surface area contributed by atoms with E-state index in [1.54, 1.807) is 24.3 Å². The number of hydrogen-bond acceptors (Lipinski definition) is 6. The third-order valence-electron chi connectivity index (χ3n) is 3.79. The number of amides is 1. The quantitative estimate of drug-likeness (QED) is 0.539. The number of nitrogens with two attached hydrogens (primary N) is 1. The van der Waals surface area contributed by atoms with Gasteiger partial charge in [-0.25, -0.2) is 4.79 Å². The first-order valence-electron chi connectivity index (χ1n) is 7.85. The number of aryl methyl sites for hydroxylation is 1. The van der Waals surface area contributed by atoms with Crippen molar-refractivity contribution in [3.05, 3.63) is 56.9 Å². The molecule has 0 aliphatic heterocycles. The van der Waals surface area contributed by atoms with Gasteiger partial charge in [0.2, 0.25) is 5.91 Å². The fourth-order valence-corrected chi connectivity index (χ4v) is 2.39. The lowest BCUT2D eigenvalue weighted by Gasteiger charge is -2.24. The van der Waals surface area contributed by atoms with Crippen molar-refractivity contribution in [3.8, 4) is 0 Å². The zero-order chi connectivity index (χ0) is 19.3. The molecule has 146 valence electrons. The molecule has 2 aromatic rings. The molecule has 0 aliphatic carbocycles. The standard InChI is InChI=1S/C17H20N4O5.ClH/c1-11-9-20(17(25)19-16(11)24)10-14(22)21(8-7-15(23)26-2)13-6-4-3-5-12(13)18;/h3-6,9H,7-8,10,18H2,1-2H3,(H,19,24,25);1H. The minimum atomic E-state index is -0.692. The lowest BCUT2D eigenvalue weighted by Crippen LogP contribution is -2.40. The molecule has 10 heteroatoms. The minimum Gasteiger partial charge on any atom is -0.469 e. The second-order valence-electron chi connectivity index (χ2n) is 5.63. The number of benzene rings is 1. The summed E-state index contributed by atoms with van der Waals surface area (Å²) in [6, 6.07) is 6.70. The van der Waals surface area contributed by atoms with Crippen LogP contribution in [0.2, 0.25) is 0 Å². The molecule has 0 spiro atoms. The number of para-hydroxylation sites is 2. The summed E-state index contributed by atoms with van der Waals surface area (Å²) in [5.74, 6) is -0.935. The number of aromatic nitrogens is 2. The molecule has 1 heterocycles. The monoisotopic (exact) mass is 396 g/mol. The molecule has 0 bridgehead atoms. The maximum Gasteiger partial charge on any atom is 0.328 e. The van der Waals surface area contributed by atoms with Crippen molar-refractivity contribution in [1.82, 2.24) is 9.55 Å². The first-order valence-corrected chi connectivity index (χ1v) is 7.85. The highest BCUT2D eigenvalue weighted by Gasteiger charge is 2.20. The largest absolute Gasteiger partial charge is 0.469 e. The highest BCUT2D eigenvalue weighted by atomic mass is 35.5. The molecule has 0 unspecified atom stereocenters. The molecule has 0 radical (unpaired) electrons. The molecule has 0 saturated carbocycles. The van der Waals surface area contributed by atoms with Gasteiger partial charge in [0.1, 0.15) is 6.54 Å². The van der Waals surface area contributed by atoms with Crippen LogP contribution in [0.3, 0.4) is 0 Å². The minimum absolute atomic E-state index is 0. The third kappa shape index (κ3) is 5.45. The van der Waals surface area contributed by atoms with E-state index in [4.69, 9.17) is 5.73 Å². The zero-order valence-corrected chi connectivity index (χ0v) is 15.7. The van der Waals surface area contributed by atoms with Crippen LogP contribution in [0.1, 0.15) is 12.0 Å². The van der Waals surface area contributed by atoms with Crippen LogP contribution in [-0.2, 0) is 20.9 Å². The number of methoxy groups -OCH3 is 1. The Kier molecular flexibility index (Phi) is 7.79. The number of rotatable bonds is 6. The number of aromatic amines is 1. The Morgan fingerprint density at radius 2 is 1.93 bits per heavy atom. The number of nitrogens with one attached hydrogen (secondary N) is 1. The van der Waals surface area contributed by atoms with Crippen LogP contribution in [0.25, 0.3) is 0 Å². The summed E-state index contributed by atoms with van der Waals surface area (Å²) < 4.78 is 5.71. The van der Waals surface area contributed by atoms with Crippen molar-refractivity contribution in [2.75, 3.05) is 24.3 Å². The van der Waals surface area contributed by atoms with Crippen molar-refractivity contribution in [1.29, 1.82) is 0 Å². The fourth-order valence-electron chi connectivity index (χ4n) is 2.39. The Labute approximate surface area is 161 Å². The normalized spacial score (nSPS) is 10.0. The van der Waals surface area contributed by atoms with E-state index in [1.807, 2.05) is 0 Å². The van der Waals surface area contributed by atoms with Crippen LogP contribution >= 0.6 is 12.4 Å². The summed E-state index contributed by atoms with van der Waals surface area (Å²) >= 11 is 0. The summed E-state index contributed by atoms with van der Waals surface area (Å²) in [6.45, 7) is 1.26. The van der Waals surface area contributed by atoms with E-state index in [9.17, 15) is 19.2 Å². The van der Waals surface area contributed by atoms with Gasteiger partial charge < -0.3 is 15.4 Å². The third-order valence-corrected chi connectivity index (χ3v) is 3.79. The number of nitrogen functional groups attached to an aromatic ring is 1. The van der Waals surface area contributed by atoms with E-state index in [0.717, 1.165) is 4.57 Å². The van der Waals surface area contributed by atoms with E-state index in [1.165, 1.54) is 25.1 Å². The first-order chi connectivity index (χ1) is 12.3. The molecule has 0 atom stereocenters. The Balaban J connectivity index is 0.00000364. The number of hydrogen-bond donors (Lipinski definition) is 2. The number of nitrogens with zero attached hydrogens (tertiary/aromatic N) is 2.